The Labute approximate surface area is 153 Å². The highest BCUT2D eigenvalue weighted by Gasteiger charge is 2.28. The zero-order chi connectivity index (χ0) is 18.7. The molecule has 2 aromatic rings. The van der Waals surface area contributed by atoms with E-state index in [1.54, 1.807) is 30.3 Å². The van der Waals surface area contributed by atoms with E-state index >= 15 is 0 Å². The van der Waals surface area contributed by atoms with Gasteiger partial charge in [0.1, 0.15) is 11.5 Å². The van der Waals surface area contributed by atoms with Gasteiger partial charge in [-0.1, -0.05) is 12.1 Å². The van der Waals surface area contributed by atoms with Gasteiger partial charge in [0, 0.05) is 12.6 Å². The highest BCUT2D eigenvalue weighted by molar-refractivity contribution is 7.93. The van der Waals surface area contributed by atoms with E-state index in [2.05, 4.69) is 5.32 Å². The highest BCUT2D eigenvalue weighted by Crippen LogP contribution is 2.24. The van der Waals surface area contributed by atoms with Crippen molar-refractivity contribution in [3.05, 3.63) is 59.6 Å². The zero-order valence-electron chi connectivity index (χ0n) is 14.8. The number of carbonyl (C=O) groups is 1. The summed E-state index contributed by atoms with van der Waals surface area (Å²) >= 11 is 0. The first-order chi connectivity index (χ1) is 12.3. The summed E-state index contributed by atoms with van der Waals surface area (Å²) in [6, 6.07) is 10.6. The van der Waals surface area contributed by atoms with Crippen molar-refractivity contribution in [1.82, 2.24) is 5.32 Å². The highest BCUT2D eigenvalue weighted by atomic mass is 32.2. The Bertz CT molecular complexity index is 913. The summed E-state index contributed by atoms with van der Waals surface area (Å²) in [5.41, 5.74) is 1.48. The smallest absolute Gasteiger partial charge is 0.244 e. The van der Waals surface area contributed by atoms with Crippen molar-refractivity contribution in [2.45, 2.75) is 26.3 Å². The predicted molar refractivity (Wildman–Crippen MR) is 101 cm³/mol. The number of benzene rings is 1. The summed E-state index contributed by atoms with van der Waals surface area (Å²) in [4.78, 5) is 12.0. The lowest BCUT2D eigenvalue weighted by Crippen LogP contribution is -2.24. The van der Waals surface area contributed by atoms with Crippen LogP contribution in [0.3, 0.4) is 0 Å². The van der Waals surface area contributed by atoms with Crippen LogP contribution in [0.5, 0.6) is 0 Å². The van der Waals surface area contributed by atoms with Gasteiger partial charge < -0.3 is 9.73 Å². The van der Waals surface area contributed by atoms with Gasteiger partial charge in [-0.15, -0.1) is 0 Å². The number of hydrogen-bond acceptors (Lipinski definition) is 4. The Kier molecular flexibility index (Phi) is 5.18. The van der Waals surface area contributed by atoms with Crippen molar-refractivity contribution >= 4 is 27.7 Å². The molecule has 1 atom stereocenters. The Morgan fingerprint density at radius 3 is 2.54 bits per heavy atom. The summed E-state index contributed by atoms with van der Waals surface area (Å²) in [6.45, 7) is 4.23. The second-order valence-electron chi connectivity index (χ2n) is 6.35. The summed E-state index contributed by atoms with van der Waals surface area (Å²) in [5, 5.41) is 2.84. The first-order valence-corrected chi connectivity index (χ1v) is 10.1. The number of carbonyl (C=O) groups excluding carboxylic acids is 1. The van der Waals surface area contributed by atoms with Crippen molar-refractivity contribution < 1.29 is 17.6 Å². The zero-order valence-corrected chi connectivity index (χ0v) is 15.6. The van der Waals surface area contributed by atoms with E-state index in [0.717, 1.165) is 11.3 Å². The average Bonchev–Trinajstić information content (AvgIpc) is 3.18. The molecular formula is C19H22N2O4S. The number of hydrogen-bond donors (Lipinski definition) is 1. The third-order valence-electron chi connectivity index (χ3n) is 4.25. The van der Waals surface area contributed by atoms with Crippen LogP contribution in [0.25, 0.3) is 6.08 Å². The van der Waals surface area contributed by atoms with Gasteiger partial charge in [-0.05, 0) is 56.2 Å². The Morgan fingerprint density at radius 2 is 1.96 bits per heavy atom. The minimum absolute atomic E-state index is 0.197. The van der Waals surface area contributed by atoms with Gasteiger partial charge in [-0.3, -0.25) is 9.10 Å². The largest absolute Gasteiger partial charge is 0.464 e. The summed E-state index contributed by atoms with van der Waals surface area (Å²) in [6.07, 6.45) is 3.79. The Morgan fingerprint density at radius 1 is 1.23 bits per heavy atom. The molecule has 1 aliphatic rings. The lowest BCUT2D eigenvalue weighted by atomic mass is 10.2. The van der Waals surface area contributed by atoms with Crippen molar-refractivity contribution in [2.24, 2.45) is 0 Å². The summed E-state index contributed by atoms with van der Waals surface area (Å²) < 4.78 is 30.8. The number of nitrogens with one attached hydrogen (secondary N) is 1. The topological polar surface area (TPSA) is 79.6 Å². The van der Waals surface area contributed by atoms with Crippen molar-refractivity contribution in [2.75, 3.05) is 16.6 Å². The molecule has 0 bridgehead atoms. The van der Waals surface area contributed by atoms with Crippen LogP contribution in [0.1, 0.15) is 36.5 Å². The second-order valence-corrected chi connectivity index (χ2v) is 8.36. The lowest BCUT2D eigenvalue weighted by Gasteiger charge is -2.16. The number of sulfonamides is 1. The number of nitrogens with zero attached hydrogens (tertiary/aromatic N) is 1. The fraction of sp³-hybridized carbons (Fsp3) is 0.316. The monoisotopic (exact) mass is 374 g/mol. The van der Waals surface area contributed by atoms with Crippen LogP contribution in [0, 0.1) is 6.92 Å². The molecule has 1 N–H and O–H groups in total. The third-order valence-corrected chi connectivity index (χ3v) is 6.12. The molecule has 1 amide bonds. The van der Waals surface area contributed by atoms with E-state index in [9.17, 15) is 13.2 Å². The SMILES string of the molecule is Cc1ccc(C(C)NC(=O)/C=C/c2ccc(N3CCCS3(=O)=O)cc2)o1. The van der Waals surface area contributed by atoms with Gasteiger partial charge >= 0.3 is 0 Å². The summed E-state index contributed by atoms with van der Waals surface area (Å²) in [7, 11) is -3.17. The minimum atomic E-state index is -3.17. The van der Waals surface area contributed by atoms with Crippen LogP contribution >= 0.6 is 0 Å². The molecule has 7 heteroatoms. The molecule has 1 saturated heterocycles. The van der Waals surface area contributed by atoms with Gasteiger partial charge in [0.15, 0.2) is 0 Å². The van der Waals surface area contributed by atoms with Gasteiger partial charge in [0.05, 0.1) is 17.5 Å². The molecule has 1 unspecified atom stereocenters. The van der Waals surface area contributed by atoms with Crippen LogP contribution < -0.4 is 9.62 Å². The van der Waals surface area contributed by atoms with Crippen LogP contribution in [0.15, 0.2) is 46.9 Å². The Balaban J connectivity index is 1.60. The van der Waals surface area contributed by atoms with Gasteiger partial charge in [-0.25, -0.2) is 8.42 Å². The quantitative estimate of drug-likeness (QED) is 0.816. The number of aryl methyl sites for hydroxylation is 1. The van der Waals surface area contributed by atoms with Crippen molar-refractivity contribution in [3.8, 4) is 0 Å². The van der Waals surface area contributed by atoms with Gasteiger partial charge in [-0.2, -0.15) is 0 Å². The van der Waals surface area contributed by atoms with Crippen LogP contribution in [0.4, 0.5) is 5.69 Å². The number of amides is 1. The maximum atomic E-state index is 12.0. The molecule has 1 fully saturated rings. The molecule has 0 saturated carbocycles. The molecule has 1 aromatic heterocycles. The van der Waals surface area contributed by atoms with E-state index < -0.39 is 10.0 Å². The van der Waals surface area contributed by atoms with E-state index in [-0.39, 0.29) is 17.7 Å². The van der Waals surface area contributed by atoms with Crippen LogP contribution in [-0.2, 0) is 14.8 Å². The number of furan rings is 1. The molecule has 2 heterocycles. The molecule has 0 radical (unpaired) electrons. The predicted octanol–water partition coefficient (Wildman–Crippen LogP) is 3.02. The van der Waals surface area contributed by atoms with Crippen molar-refractivity contribution in [3.63, 3.8) is 0 Å². The normalized spacial score (nSPS) is 17.5. The number of rotatable bonds is 5. The second kappa shape index (κ2) is 7.37. The van der Waals surface area contributed by atoms with Crippen LogP contribution in [-0.4, -0.2) is 26.6 Å². The van der Waals surface area contributed by atoms with E-state index in [1.807, 2.05) is 26.0 Å². The first kappa shape index (κ1) is 18.3. The fourth-order valence-corrected chi connectivity index (χ4v) is 4.44. The Hall–Kier alpha value is -2.54. The van der Waals surface area contributed by atoms with Crippen LogP contribution in [0.2, 0.25) is 0 Å². The van der Waals surface area contributed by atoms with Gasteiger partial charge in [0.25, 0.3) is 0 Å². The average molecular weight is 374 g/mol. The standard InChI is InChI=1S/C19H22N2O4S/c1-14-4-10-18(25-14)15(2)20-19(22)11-7-16-5-8-17(9-6-16)21-12-3-13-26(21,23)24/h4-11,15H,3,12-13H2,1-2H3,(H,20,22)/b11-7+. The molecule has 26 heavy (non-hydrogen) atoms. The molecule has 3 rings (SSSR count). The first-order valence-electron chi connectivity index (χ1n) is 8.50. The van der Waals surface area contributed by atoms with E-state index in [1.165, 1.54) is 10.4 Å². The molecule has 6 nitrogen and oxygen atoms in total. The molecule has 0 aliphatic carbocycles. The lowest BCUT2D eigenvalue weighted by molar-refractivity contribution is -0.117. The minimum Gasteiger partial charge on any atom is -0.464 e. The van der Waals surface area contributed by atoms with E-state index in [4.69, 9.17) is 4.42 Å². The summed E-state index contributed by atoms with van der Waals surface area (Å²) in [5.74, 6) is 1.48. The third kappa shape index (κ3) is 4.16. The molecule has 0 spiro atoms. The maximum absolute atomic E-state index is 12.0. The molecule has 138 valence electrons. The molecular weight excluding hydrogens is 352 g/mol. The maximum Gasteiger partial charge on any atom is 0.244 e. The fourth-order valence-electron chi connectivity index (χ4n) is 2.87. The molecule has 1 aromatic carbocycles. The van der Waals surface area contributed by atoms with E-state index in [0.29, 0.717) is 24.4 Å². The number of anilines is 1. The molecule has 1 aliphatic heterocycles. The van der Waals surface area contributed by atoms with Gasteiger partial charge in [0.2, 0.25) is 15.9 Å². The van der Waals surface area contributed by atoms with Crippen molar-refractivity contribution in [1.29, 1.82) is 0 Å².